The van der Waals surface area contributed by atoms with Crippen LogP contribution in [0.2, 0.25) is 0 Å². The van der Waals surface area contributed by atoms with E-state index in [-0.39, 0.29) is 0 Å². The second kappa shape index (κ2) is 2.98. The van der Waals surface area contributed by atoms with Crippen molar-refractivity contribution in [2.24, 2.45) is 0 Å². The monoisotopic (exact) mass is 217 g/mol. The molecule has 2 heterocycles. The van der Waals surface area contributed by atoms with E-state index in [1.165, 1.54) is 0 Å². The zero-order chi connectivity index (χ0) is 11.2. The molecule has 3 rings (SSSR count). The highest BCUT2D eigenvalue weighted by Crippen LogP contribution is 2.47. The third-order valence-electron chi connectivity index (χ3n) is 3.08. The minimum atomic E-state index is -0.792. The molecule has 2 aromatic heterocycles. The van der Waals surface area contributed by atoms with Gasteiger partial charge in [-0.25, -0.2) is 4.98 Å². The maximum atomic E-state index is 11.1. The molecule has 1 fully saturated rings. The molecule has 1 saturated carbocycles. The summed E-state index contributed by atoms with van der Waals surface area (Å²) in [6, 6.07) is 3.80. The molecule has 3 N–H and O–H groups in total. The molecule has 16 heavy (non-hydrogen) atoms. The van der Waals surface area contributed by atoms with E-state index in [0.717, 1.165) is 11.4 Å². The molecule has 0 spiro atoms. The maximum Gasteiger partial charge on any atom is 0.317 e. The summed E-state index contributed by atoms with van der Waals surface area (Å²) in [5, 5.41) is 9.13. The number of nitrogens with one attached hydrogen (secondary N) is 2. The van der Waals surface area contributed by atoms with Crippen molar-refractivity contribution in [3.8, 4) is 11.4 Å². The highest BCUT2D eigenvalue weighted by molar-refractivity contribution is 5.83. The number of nitrogens with zero attached hydrogens (tertiary/aromatic N) is 1. The minimum absolute atomic E-state index is 0.560. The molecule has 0 bridgehead atoms. The van der Waals surface area contributed by atoms with E-state index in [9.17, 15) is 4.79 Å². The number of rotatable bonds is 3. The van der Waals surface area contributed by atoms with Crippen molar-refractivity contribution in [1.82, 2.24) is 15.0 Å². The van der Waals surface area contributed by atoms with Gasteiger partial charge >= 0.3 is 5.97 Å². The molecule has 5 nitrogen and oxygen atoms in total. The Morgan fingerprint density at radius 3 is 2.81 bits per heavy atom. The van der Waals surface area contributed by atoms with Crippen LogP contribution in [-0.2, 0) is 10.2 Å². The predicted molar refractivity (Wildman–Crippen MR) is 56.9 cm³/mol. The molecule has 0 amide bonds. The molecule has 5 heteroatoms. The second-order valence-corrected chi connectivity index (χ2v) is 4.12. The van der Waals surface area contributed by atoms with Gasteiger partial charge in [0.05, 0.1) is 17.6 Å². The maximum absolute atomic E-state index is 11.1. The first kappa shape index (κ1) is 9.21. The standard InChI is InChI=1S/C11H11N3O2/c15-10(16)11(3-4-11)9-13-6-8(14-9)7-2-1-5-12-7/h1-2,5-6,12H,3-4H2,(H,13,14)(H,15,16). The molecular weight excluding hydrogens is 206 g/mol. The molecule has 82 valence electrons. The Kier molecular flexibility index (Phi) is 1.71. The van der Waals surface area contributed by atoms with Crippen molar-refractivity contribution >= 4 is 5.97 Å². The molecular formula is C11H11N3O2. The van der Waals surface area contributed by atoms with E-state index >= 15 is 0 Å². The minimum Gasteiger partial charge on any atom is -0.480 e. The van der Waals surface area contributed by atoms with Crippen molar-refractivity contribution in [3.05, 3.63) is 30.4 Å². The highest BCUT2D eigenvalue weighted by atomic mass is 16.4. The first-order chi connectivity index (χ1) is 7.72. The van der Waals surface area contributed by atoms with Gasteiger partial charge in [0.1, 0.15) is 11.2 Å². The van der Waals surface area contributed by atoms with Crippen LogP contribution < -0.4 is 0 Å². The molecule has 0 aromatic carbocycles. The zero-order valence-electron chi connectivity index (χ0n) is 8.53. The zero-order valence-corrected chi connectivity index (χ0v) is 8.53. The topological polar surface area (TPSA) is 81.8 Å². The Morgan fingerprint density at radius 1 is 1.44 bits per heavy atom. The number of carbonyl (C=O) groups is 1. The fourth-order valence-corrected chi connectivity index (χ4v) is 1.88. The van der Waals surface area contributed by atoms with Crippen molar-refractivity contribution < 1.29 is 9.90 Å². The van der Waals surface area contributed by atoms with Crippen molar-refractivity contribution in [1.29, 1.82) is 0 Å². The van der Waals surface area contributed by atoms with Gasteiger partial charge in [-0.2, -0.15) is 0 Å². The van der Waals surface area contributed by atoms with Gasteiger partial charge in [-0.1, -0.05) is 0 Å². The lowest BCUT2D eigenvalue weighted by Crippen LogP contribution is -2.20. The Morgan fingerprint density at radius 2 is 2.25 bits per heavy atom. The molecule has 0 atom stereocenters. The van der Waals surface area contributed by atoms with Crippen molar-refractivity contribution in [2.45, 2.75) is 18.3 Å². The molecule has 0 unspecified atom stereocenters. The summed E-state index contributed by atoms with van der Waals surface area (Å²) in [4.78, 5) is 21.4. The lowest BCUT2D eigenvalue weighted by molar-refractivity contribution is -0.140. The third kappa shape index (κ3) is 1.18. The molecule has 1 aliphatic rings. The Labute approximate surface area is 91.5 Å². The largest absolute Gasteiger partial charge is 0.480 e. The number of hydrogen-bond acceptors (Lipinski definition) is 2. The molecule has 0 saturated heterocycles. The van der Waals surface area contributed by atoms with Gasteiger partial charge in [-0.05, 0) is 25.0 Å². The number of aliphatic carboxylic acids is 1. The van der Waals surface area contributed by atoms with Gasteiger partial charge in [0.15, 0.2) is 0 Å². The lowest BCUT2D eigenvalue weighted by atomic mass is 10.1. The lowest BCUT2D eigenvalue weighted by Gasteiger charge is -2.04. The van der Waals surface area contributed by atoms with E-state index in [4.69, 9.17) is 5.11 Å². The quantitative estimate of drug-likeness (QED) is 0.729. The number of aromatic nitrogens is 3. The van der Waals surface area contributed by atoms with E-state index in [0.29, 0.717) is 18.7 Å². The van der Waals surface area contributed by atoms with Crippen molar-refractivity contribution in [3.63, 3.8) is 0 Å². The van der Waals surface area contributed by atoms with Gasteiger partial charge < -0.3 is 15.1 Å². The molecule has 0 aliphatic heterocycles. The summed E-state index contributed by atoms with van der Waals surface area (Å²) in [5.41, 5.74) is 0.984. The van der Waals surface area contributed by atoms with Crippen LogP contribution in [0, 0.1) is 0 Å². The number of imidazole rings is 1. The second-order valence-electron chi connectivity index (χ2n) is 4.12. The summed E-state index contributed by atoms with van der Waals surface area (Å²) >= 11 is 0. The number of hydrogen-bond donors (Lipinski definition) is 3. The van der Waals surface area contributed by atoms with E-state index < -0.39 is 11.4 Å². The Hall–Kier alpha value is -2.04. The number of carboxylic acids is 1. The van der Waals surface area contributed by atoms with Crippen LogP contribution >= 0.6 is 0 Å². The fraction of sp³-hybridized carbons (Fsp3) is 0.273. The summed E-state index contributed by atoms with van der Waals surface area (Å²) in [7, 11) is 0. The fourth-order valence-electron chi connectivity index (χ4n) is 1.88. The van der Waals surface area contributed by atoms with Gasteiger partial charge in [-0.3, -0.25) is 4.79 Å². The van der Waals surface area contributed by atoms with Crippen LogP contribution in [0.15, 0.2) is 24.5 Å². The molecule has 1 aliphatic carbocycles. The van der Waals surface area contributed by atoms with Gasteiger partial charge in [0.2, 0.25) is 0 Å². The first-order valence-electron chi connectivity index (χ1n) is 5.15. The molecule has 0 radical (unpaired) electrons. The first-order valence-corrected chi connectivity index (χ1v) is 5.15. The highest BCUT2D eigenvalue weighted by Gasteiger charge is 2.54. The Bertz CT molecular complexity index is 523. The van der Waals surface area contributed by atoms with E-state index in [1.807, 2.05) is 18.3 Å². The van der Waals surface area contributed by atoms with Crippen LogP contribution in [0.4, 0.5) is 0 Å². The average molecular weight is 217 g/mol. The summed E-state index contributed by atoms with van der Waals surface area (Å²) in [6.45, 7) is 0. The summed E-state index contributed by atoms with van der Waals surface area (Å²) < 4.78 is 0. The van der Waals surface area contributed by atoms with Crippen molar-refractivity contribution in [2.75, 3.05) is 0 Å². The van der Waals surface area contributed by atoms with Gasteiger partial charge in [0.25, 0.3) is 0 Å². The van der Waals surface area contributed by atoms with Gasteiger partial charge in [-0.15, -0.1) is 0 Å². The predicted octanol–water partition coefficient (Wildman–Crippen LogP) is 1.52. The van der Waals surface area contributed by atoms with Crippen LogP contribution in [0.3, 0.4) is 0 Å². The van der Waals surface area contributed by atoms with E-state index in [1.54, 1.807) is 6.20 Å². The normalized spacial score (nSPS) is 17.2. The van der Waals surface area contributed by atoms with Crippen LogP contribution in [-0.4, -0.2) is 26.0 Å². The summed E-state index contributed by atoms with van der Waals surface area (Å²) in [5.74, 6) is -0.232. The number of H-pyrrole nitrogens is 2. The van der Waals surface area contributed by atoms with Crippen LogP contribution in [0.5, 0.6) is 0 Å². The average Bonchev–Trinajstić information content (AvgIpc) is 2.75. The SMILES string of the molecule is O=C(O)C1(c2ncc(-c3ccc[nH]3)[nH]2)CC1. The number of aromatic amines is 2. The number of carboxylic acid groups (broad SMARTS) is 1. The van der Waals surface area contributed by atoms with Gasteiger partial charge in [0, 0.05) is 6.20 Å². The van der Waals surface area contributed by atoms with Crippen LogP contribution in [0.1, 0.15) is 18.7 Å². The Balaban J connectivity index is 1.98. The smallest absolute Gasteiger partial charge is 0.317 e. The van der Waals surface area contributed by atoms with E-state index in [2.05, 4.69) is 15.0 Å². The summed E-state index contributed by atoms with van der Waals surface area (Å²) in [6.07, 6.45) is 4.82. The van der Waals surface area contributed by atoms with Crippen LogP contribution in [0.25, 0.3) is 11.4 Å². The molecule has 2 aromatic rings. The third-order valence-corrected chi connectivity index (χ3v) is 3.08.